The van der Waals surface area contributed by atoms with Crippen LogP contribution in [0.3, 0.4) is 0 Å². The smallest absolute Gasteiger partial charge is 0.233 e. The number of pyridine rings is 1. The molecule has 0 aliphatic rings. The molecule has 1 aromatic carbocycles. The number of hydrogen-bond donors (Lipinski definition) is 1. The van der Waals surface area contributed by atoms with Crippen molar-refractivity contribution < 1.29 is 9.84 Å². The highest BCUT2D eigenvalue weighted by Crippen LogP contribution is 2.30. The van der Waals surface area contributed by atoms with E-state index in [1.165, 1.54) is 12.3 Å². The monoisotopic (exact) mass is 299 g/mol. The fourth-order valence-corrected chi connectivity index (χ4v) is 1.86. The average molecular weight is 301 g/mol. The molecule has 0 radical (unpaired) electrons. The molecule has 1 aromatic heterocycles. The molecule has 0 amide bonds. The maximum absolute atomic E-state index is 9.27. The quantitative estimate of drug-likeness (QED) is 0.911. The van der Waals surface area contributed by atoms with E-state index in [4.69, 9.17) is 16.3 Å². The Labute approximate surface area is 106 Å². The molecule has 0 fully saturated rings. The number of phenolic OH excluding ortho intramolecular Hbond substituents is 1. The molecule has 0 saturated carbocycles. The summed E-state index contributed by atoms with van der Waals surface area (Å²) < 4.78 is 6.12. The fourth-order valence-electron chi connectivity index (χ4n) is 1.14. The molecule has 1 heterocycles. The van der Waals surface area contributed by atoms with Gasteiger partial charge in [0, 0.05) is 12.3 Å². The minimum atomic E-state index is 0.141. The van der Waals surface area contributed by atoms with Crippen LogP contribution in [0.15, 0.2) is 41.0 Å². The third-order valence-electron chi connectivity index (χ3n) is 1.81. The van der Waals surface area contributed by atoms with Gasteiger partial charge in [-0.15, -0.1) is 0 Å². The Morgan fingerprint density at radius 1 is 1.31 bits per heavy atom. The number of nitrogens with zero attached hydrogens (tertiary/aromatic N) is 1. The van der Waals surface area contributed by atoms with E-state index in [2.05, 4.69) is 20.9 Å². The Bertz CT molecular complexity index is 519. The first-order chi connectivity index (χ1) is 7.65. The maximum atomic E-state index is 9.27. The highest BCUT2D eigenvalue weighted by Gasteiger charge is 2.05. The lowest BCUT2D eigenvalue weighted by Gasteiger charge is -2.06. The highest BCUT2D eigenvalue weighted by atomic mass is 79.9. The van der Waals surface area contributed by atoms with E-state index < -0.39 is 0 Å². The van der Waals surface area contributed by atoms with Crippen LogP contribution in [0.2, 0.25) is 5.02 Å². The Hall–Kier alpha value is -1.26. The van der Waals surface area contributed by atoms with Gasteiger partial charge in [0.25, 0.3) is 0 Å². The maximum Gasteiger partial charge on any atom is 0.233 e. The van der Waals surface area contributed by atoms with Crippen molar-refractivity contribution in [3.8, 4) is 17.4 Å². The van der Waals surface area contributed by atoms with Crippen molar-refractivity contribution in [1.29, 1.82) is 0 Å². The number of rotatable bonds is 2. The van der Waals surface area contributed by atoms with Crippen molar-refractivity contribution in [2.45, 2.75) is 0 Å². The van der Waals surface area contributed by atoms with E-state index in [-0.39, 0.29) is 5.75 Å². The van der Waals surface area contributed by atoms with Crippen molar-refractivity contribution >= 4 is 27.5 Å². The number of benzene rings is 1. The molecule has 0 bridgehead atoms. The van der Waals surface area contributed by atoms with Crippen LogP contribution < -0.4 is 4.74 Å². The van der Waals surface area contributed by atoms with Gasteiger partial charge in [-0.2, -0.15) is 0 Å². The zero-order valence-electron chi connectivity index (χ0n) is 8.02. The number of phenols is 1. The van der Waals surface area contributed by atoms with Gasteiger partial charge in [-0.3, -0.25) is 0 Å². The van der Waals surface area contributed by atoms with Crippen molar-refractivity contribution in [3.63, 3.8) is 0 Å². The van der Waals surface area contributed by atoms with E-state index in [9.17, 15) is 5.11 Å². The fraction of sp³-hybridized carbons (Fsp3) is 0. The minimum absolute atomic E-state index is 0.141. The van der Waals surface area contributed by atoms with Crippen LogP contribution in [-0.4, -0.2) is 10.1 Å². The van der Waals surface area contributed by atoms with Crippen LogP contribution in [0.4, 0.5) is 0 Å². The van der Waals surface area contributed by atoms with E-state index in [1.54, 1.807) is 24.3 Å². The summed E-state index contributed by atoms with van der Waals surface area (Å²) in [5, 5.41) is 9.79. The lowest BCUT2D eigenvalue weighted by atomic mass is 10.3. The largest absolute Gasteiger partial charge is 0.508 e. The molecule has 2 rings (SSSR count). The predicted octanol–water partition coefficient (Wildman–Crippen LogP) is 4.00. The second-order valence-corrected chi connectivity index (χ2v) is 4.33. The van der Waals surface area contributed by atoms with Crippen molar-refractivity contribution in [2.24, 2.45) is 0 Å². The highest BCUT2D eigenvalue weighted by molar-refractivity contribution is 9.10. The number of aromatic hydroxyl groups is 1. The summed E-state index contributed by atoms with van der Waals surface area (Å²) >= 11 is 9.05. The van der Waals surface area contributed by atoms with Crippen LogP contribution in [0, 0.1) is 0 Å². The van der Waals surface area contributed by atoms with Gasteiger partial charge >= 0.3 is 0 Å². The Morgan fingerprint density at radius 3 is 2.81 bits per heavy atom. The van der Waals surface area contributed by atoms with Gasteiger partial charge in [-0.05, 0) is 34.1 Å². The van der Waals surface area contributed by atoms with Crippen LogP contribution >= 0.6 is 27.5 Å². The summed E-state index contributed by atoms with van der Waals surface area (Å²) in [6.07, 6.45) is 1.49. The summed E-state index contributed by atoms with van der Waals surface area (Å²) in [6, 6.07) is 8.17. The number of hydrogen-bond acceptors (Lipinski definition) is 3. The molecule has 0 unspecified atom stereocenters. The third-order valence-corrected chi connectivity index (χ3v) is 2.58. The standard InChI is InChI=1S/C11H7BrClNO2/c12-10-4-7(13)6-14-11(10)16-9-3-1-2-8(15)5-9/h1-6,15H. The normalized spacial score (nSPS) is 10.1. The molecule has 1 N–H and O–H groups in total. The van der Waals surface area contributed by atoms with Crippen LogP contribution in [0.25, 0.3) is 0 Å². The zero-order valence-corrected chi connectivity index (χ0v) is 10.4. The van der Waals surface area contributed by atoms with Crippen LogP contribution in [0.5, 0.6) is 17.4 Å². The minimum Gasteiger partial charge on any atom is -0.508 e. The third kappa shape index (κ3) is 2.65. The van der Waals surface area contributed by atoms with Gasteiger partial charge in [0.2, 0.25) is 5.88 Å². The van der Waals surface area contributed by atoms with Crippen LogP contribution in [-0.2, 0) is 0 Å². The first-order valence-electron chi connectivity index (χ1n) is 4.43. The van der Waals surface area contributed by atoms with E-state index >= 15 is 0 Å². The Balaban J connectivity index is 2.27. The zero-order chi connectivity index (χ0) is 11.5. The first-order valence-corrected chi connectivity index (χ1v) is 5.60. The van der Waals surface area contributed by atoms with Gasteiger partial charge in [-0.1, -0.05) is 17.7 Å². The predicted molar refractivity (Wildman–Crippen MR) is 65.1 cm³/mol. The molecule has 82 valence electrons. The van der Waals surface area contributed by atoms with Crippen molar-refractivity contribution in [1.82, 2.24) is 4.98 Å². The Morgan fingerprint density at radius 2 is 2.12 bits per heavy atom. The summed E-state index contributed by atoms with van der Waals surface area (Å²) in [6.45, 7) is 0. The molecule has 0 aliphatic carbocycles. The van der Waals surface area contributed by atoms with Gasteiger partial charge in [0.05, 0.1) is 9.50 Å². The molecule has 0 aliphatic heterocycles. The molecule has 5 heteroatoms. The SMILES string of the molecule is Oc1cccc(Oc2ncc(Cl)cc2Br)c1. The molecule has 2 aromatic rings. The lowest BCUT2D eigenvalue weighted by molar-refractivity contribution is 0.443. The van der Waals surface area contributed by atoms with Gasteiger partial charge in [0.1, 0.15) is 11.5 Å². The van der Waals surface area contributed by atoms with E-state index in [0.29, 0.717) is 21.1 Å². The summed E-state index contributed by atoms with van der Waals surface area (Å²) in [5.74, 6) is 1.05. The van der Waals surface area contributed by atoms with Crippen molar-refractivity contribution in [3.05, 3.63) is 46.0 Å². The molecule has 16 heavy (non-hydrogen) atoms. The number of ether oxygens (including phenoxy) is 1. The lowest BCUT2D eigenvalue weighted by Crippen LogP contribution is -1.88. The average Bonchev–Trinajstić information content (AvgIpc) is 2.22. The van der Waals surface area contributed by atoms with E-state index in [0.717, 1.165) is 0 Å². The van der Waals surface area contributed by atoms with Gasteiger partial charge < -0.3 is 9.84 Å². The van der Waals surface area contributed by atoms with E-state index in [1.807, 2.05) is 0 Å². The molecular weight excluding hydrogens is 293 g/mol. The van der Waals surface area contributed by atoms with Crippen molar-refractivity contribution in [2.75, 3.05) is 0 Å². The first kappa shape index (κ1) is 11.2. The summed E-state index contributed by atoms with van der Waals surface area (Å²) in [5.41, 5.74) is 0. The van der Waals surface area contributed by atoms with Crippen LogP contribution in [0.1, 0.15) is 0 Å². The second kappa shape index (κ2) is 4.72. The number of aromatic nitrogens is 1. The van der Waals surface area contributed by atoms with Gasteiger partial charge in [-0.25, -0.2) is 4.98 Å². The Kier molecular flexibility index (Phi) is 3.31. The number of halogens is 2. The topological polar surface area (TPSA) is 42.4 Å². The second-order valence-electron chi connectivity index (χ2n) is 3.04. The summed E-state index contributed by atoms with van der Waals surface area (Å²) in [4.78, 5) is 4.02. The molecule has 0 atom stereocenters. The molecule has 3 nitrogen and oxygen atoms in total. The van der Waals surface area contributed by atoms with Gasteiger partial charge in [0.15, 0.2) is 0 Å². The molecule has 0 saturated heterocycles. The molecule has 0 spiro atoms. The molecular formula is C11H7BrClNO2. The summed E-state index contributed by atoms with van der Waals surface area (Å²) in [7, 11) is 0.